The SMILES string of the molecule is NCc1cccc(N)c1.O=CCc1nc2ccc(-c3ccccc3)cc2s1. The number of rotatable bonds is 4. The minimum atomic E-state index is 0.403. The molecule has 0 aliphatic heterocycles. The number of nitrogen functional groups attached to an aromatic ring is 1. The maximum absolute atomic E-state index is 10.5. The zero-order chi connectivity index (χ0) is 19.1. The third-order valence-corrected chi connectivity index (χ3v) is 5.03. The molecule has 5 heteroatoms. The Kier molecular flexibility index (Phi) is 6.30. The lowest BCUT2D eigenvalue weighted by Gasteiger charge is -2.00. The van der Waals surface area contributed by atoms with E-state index >= 15 is 0 Å². The average Bonchev–Trinajstić information content (AvgIpc) is 3.11. The molecule has 0 saturated heterocycles. The number of hydrogen-bond donors (Lipinski definition) is 2. The fraction of sp³-hybridized carbons (Fsp3) is 0.0909. The number of carbonyl (C=O) groups excluding carboxylic acids is 1. The lowest BCUT2D eigenvalue weighted by Crippen LogP contribution is -1.96. The second-order valence-electron chi connectivity index (χ2n) is 5.98. The largest absolute Gasteiger partial charge is 0.399 e. The molecule has 0 aliphatic rings. The number of nitrogens with zero attached hydrogens (tertiary/aromatic N) is 1. The van der Waals surface area contributed by atoms with Crippen molar-refractivity contribution in [2.24, 2.45) is 5.73 Å². The first-order chi connectivity index (χ1) is 13.2. The molecule has 1 heterocycles. The summed E-state index contributed by atoms with van der Waals surface area (Å²) in [5.74, 6) is 0. The predicted molar refractivity (Wildman–Crippen MR) is 114 cm³/mol. The van der Waals surface area contributed by atoms with Crippen LogP contribution in [0.5, 0.6) is 0 Å². The summed E-state index contributed by atoms with van der Waals surface area (Å²) in [5, 5.41) is 0.880. The van der Waals surface area contributed by atoms with E-state index < -0.39 is 0 Å². The number of thiazole rings is 1. The first kappa shape index (κ1) is 18.8. The molecule has 0 amide bonds. The molecule has 4 aromatic rings. The molecule has 4 N–H and O–H groups in total. The maximum atomic E-state index is 10.5. The summed E-state index contributed by atoms with van der Waals surface area (Å²) >= 11 is 1.59. The fourth-order valence-corrected chi connectivity index (χ4v) is 3.61. The van der Waals surface area contributed by atoms with Crippen LogP contribution in [0.4, 0.5) is 5.69 Å². The molecule has 0 unspecified atom stereocenters. The van der Waals surface area contributed by atoms with E-state index in [0.29, 0.717) is 13.0 Å². The summed E-state index contributed by atoms with van der Waals surface area (Å²) in [6, 6.07) is 24.1. The van der Waals surface area contributed by atoms with Crippen LogP contribution < -0.4 is 11.5 Å². The standard InChI is InChI=1S/C15H11NOS.C7H10N2/c17-9-8-15-16-13-7-6-12(10-14(13)18-15)11-4-2-1-3-5-11;8-5-6-2-1-3-7(9)4-6/h1-7,9-10H,8H2;1-4H,5,8-9H2. The highest BCUT2D eigenvalue weighted by Gasteiger charge is 2.05. The Morgan fingerprint density at radius 1 is 0.926 bits per heavy atom. The number of fused-ring (bicyclic) bond motifs is 1. The number of aldehydes is 1. The van der Waals surface area contributed by atoms with Gasteiger partial charge in [-0.25, -0.2) is 4.98 Å². The van der Waals surface area contributed by atoms with Gasteiger partial charge in [-0.3, -0.25) is 0 Å². The highest BCUT2D eigenvalue weighted by atomic mass is 32.1. The Morgan fingerprint density at radius 3 is 2.41 bits per heavy atom. The molecule has 0 atom stereocenters. The van der Waals surface area contributed by atoms with E-state index in [9.17, 15) is 4.79 Å². The summed E-state index contributed by atoms with van der Waals surface area (Å²) in [6.45, 7) is 0.561. The van der Waals surface area contributed by atoms with Crippen molar-refractivity contribution in [1.29, 1.82) is 0 Å². The smallest absolute Gasteiger partial charge is 0.126 e. The lowest BCUT2D eigenvalue weighted by atomic mass is 10.1. The molecule has 3 aromatic carbocycles. The highest BCUT2D eigenvalue weighted by molar-refractivity contribution is 7.18. The molecule has 27 heavy (non-hydrogen) atoms. The van der Waals surface area contributed by atoms with E-state index in [-0.39, 0.29) is 0 Å². The van der Waals surface area contributed by atoms with Gasteiger partial charge in [0.2, 0.25) is 0 Å². The van der Waals surface area contributed by atoms with Gasteiger partial charge in [0, 0.05) is 12.2 Å². The van der Waals surface area contributed by atoms with Gasteiger partial charge in [-0.2, -0.15) is 0 Å². The Morgan fingerprint density at radius 2 is 1.74 bits per heavy atom. The van der Waals surface area contributed by atoms with Gasteiger partial charge in [-0.15, -0.1) is 11.3 Å². The van der Waals surface area contributed by atoms with Crippen LogP contribution >= 0.6 is 11.3 Å². The van der Waals surface area contributed by atoms with Crippen LogP contribution in [0.25, 0.3) is 21.3 Å². The molecule has 0 bridgehead atoms. The minimum absolute atomic E-state index is 0.403. The number of aromatic nitrogens is 1. The topological polar surface area (TPSA) is 82.0 Å². The Bertz CT molecular complexity index is 1030. The molecule has 0 fully saturated rings. The first-order valence-electron chi connectivity index (χ1n) is 8.62. The first-order valence-corrected chi connectivity index (χ1v) is 9.44. The molecule has 0 radical (unpaired) electrons. The van der Waals surface area contributed by atoms with Gasteiger partial charge in [0.1, 0.15) is 11.3 Å². The van der Waals surface area contributed by atoms with Gasteiger partial charge in [-0.1, -0.05) is 48.5 Å². The van der Waals surface area contributed by atoms with Gasteiger partial charge in [0.05, 0.1) is 16.6 Å². The van der Waals surface area contributed by atoms with Gasteiger partial charge in [0.15, 0.2) is 0 Å². The molecule has 4 nitrogen and oxygen atoms in total. The van der Waals surface area contributed by atoms with E-state index in [0.717, 1.165) is 32.8 Å². The van der Waals surface area contributed by atoms with E-state index in [2.05, 4.69) is 29.2 Å². The van der Waals surface area contributed by atoms with Crippen molar-refractivity contribution in [2.45, 2.75) is 13.0 Å². The summed E-state index contributed by atoms with van der Waals surface area (Å²) in [7, 11) is 0. The van der Waals surface area contributed by atoms with E-state index in [1.54, 1.807) is 11.3 Å². The van der Waals surface area contributed by atoms with Crippen molar-refractivity contribution < 1.29 is 4.79 Å². The third kappa shape index (κ3) is 5.00. The molecule has 0 spiro atoms. The predicted octanol–water partition coefficient (Wildman–Crippen LogP) is 4.43. The molecule has 1 aromatic heterocycles. The second kappa shape index (κ2) is 9.07. The van der Waals surface area contributed by atoms with Crippen LogP contribution in [-0.2, 0) is 17.8 Å². The van der Waals surface area contributed by atoms with Crippen molar-refractivity contribution >= 4 is 33.5 Å². The normalized spacial score (nSPS) is 10.3. The van der Waals surface area contributed by atoms with Crippen LogP contribution in [0, 0.1) is 0 Å². The molecule has 0 saturated carbocycles. The Balaban J connectivity index is 0.000000197. The average molecular weight is 375 g/mol. The fourth-order valence-electron chi connectivity index (χ4n) is 2.66. The van der Waals surface area contributed by atoms with Crippen molar-refractivity contribution in [3.05, 3.63) is 83.4 Å². The monoisotopic (exact) mass is 375 g/mol. The van der Waals surface area contributed by atoms with Gasteiger partial charge in [-0.05, 0) is 41.0 Å². The van der Waals surface area contributed by atoms with Crippen molar-refractivity contribution in [1.82, 2.24) is 4.98 Å². The van der Waals surface area contributed by atoms with Gasteiger partial charge < -0.3 is 16.3 Å². The number of hydrogen-bond acceptors (Lipinski definition) is 5. The Hall–Kier alpha value is -3.02. The lowest BCUT2D eigenvalue weighted by molar-refractivity contribution is -0.107. The van der Waals surface area contributed by atoms with Crippen LogP contribution in [0.1, 0.15) is 10.6 Å². The number of nitrogens with two attached hydrogens (primary N) is 2. The summed E-state index contributed by atoms with van der Waals surface area (Å²) in [5.41, 5.74) is 16.0. The van der Waals surface area contributed by atoms with Crippen LogP contribution in [0.2, 0.25) is 0 Å². The van der Waals surface area contributed by atoms with E-state index in [1.807, 2.05) is 48.5 Å². The zero-order valence-corrected chi connectivity index (χ0v) is 15.7. The van der Waals surface area contributed by atoms with Crippen molar-refractivity contribution in [2.75, 3.05) is 5.73 Å². The second-order valence-corrected chi connectivity index (χ2v) is 7.09. The molecule has 136 valence electrons. The van der Waals surface area contributed by atoms with Crippen molar-refractivity contribution in [3.8, 4) is 11.1 Å². The van der Waals surface area contributed by atoms with Crippen LogP contribution in [0.15, 0.2) is 72.8 Å². The maximum Gasteiger partial charge on any atom is 0.126 e. The number of benzene rings is 3. The van der Waals surface area contributed by atoms with Crippen LogP contribution in [-0.4, -0.2) is 11.3 Å². The zero-order valence-electron chi connectivity index (χ0n) is 14.8. The highest BCUT2D eigenvalue weighted by Crippen LogP contribution is 2.28. The molecular weight excluding hydrogens is 354 g/mol. The van der Waals surface area contributed by atoms with Crippen molar-refractivity contribution in [3.63, 3.8) is 0 Å². The third-order valence-electron chi connectivity index (χ3n) is 3.98. The number of carbonyl (C=O) groups is 1. The minimum Gasteiger partial charge on any atom is -0.399 e. The summed E-state index contributed by atoms with van der Waals surface area (Å²) in [6.07, 6.45) is 1.30. The molecule has 4 rings (SSSR count). The quantitative estimate of drug-likeness (QED) is 0.408. The summed E-state index contributed by atoms with van der Waals surface area (Å²) < 4.78 is 1.13. The Labute approximate surface area is 162 Å². The summed E-state index contributed by atoms with van der Waals surface area (Å²) in [4.78, 5) is 14.9. The molecular formula is C22H21N3OS. The van der Waals surface area contributed by atoms with Crippen LogP contribution in [0.3, 0.4) is 0 Å². The van der Waals surface area contributed by atoms with Gasteiger partial charge >= 0.3 is 0 Å². The number of anilines is 1. The molecule has 0 aliphatic carbocycles. The van der Waals surface area contributed by atoms with E-state index in [4.69, 9.17) is 11.5 Å². The van der Waals surface area contributed by atoms with Gasteiger partial charge in [0.25, 0.3) is 0 Å². The van der Waals surface area contributed by atoms with E-state index in [1.165, 1.54) is 11.1 Å².